The number of rotatable bonds is 9. The molecule has 5 atom stereocenters. The number of hydrogen-bond donors (Lipinski definition) is 4. The highest BCUT2D eigenvalue weighted by molar-refractivity contribution is 6.32. The summed E-state index contributed by atoms with van der Waals surface area (Å²) in [4.78, 5) is 23.6. The van der Waals surface area contributed by atoms with Gasteiger partial charge < -0.3 is 39.5 Å². The molecule has 1 amide bonds. The zero-order valence-electron chi connectivity index (χ0n) is 20.1. The van der Waals surface area contributed by atoms with Crippen molar-refractivity contribution in [3.05, 3.63) is 46.0 Å². The predicted molar refractivity (Wildman–Crippen MR) is 128 cm³/mol. The van der Waals surface area contributed by atoms with Crippen LogP contribution in [0.15, 0.2) is 18.2 Å². The molecule has 38 heavy (non-hydrogen) atoms. The summed E-state index contributed by atoms with van der Waals surface area (Å²) in [7, 11) is 0. The van der Waals surface area contributed by atoms with Gasteiger partial charge in [-0.15, -0.1) is 0 Å². The fraction of sp³-hybridized carbons (Fsp3) is 0.458. The van der Waals surface area contributed by atoms with E-state index in [4.69, 9.17) is 35.7 Å². The Morgan fingerprint density at radius 1 is 1.24 bits per heavy atom. The molecule has 2 saturated heterocycles. The van der Waals surface area contributed by atoms with Crippen molar-refractivity contribution in [3.8, 4) is 11.9 Å². The molecule has 1 unspecified atom stereocenters. The molecule has 2 aliphatic heterocycles. The number of aromatic amines is 1. The van der Waals surface area contributed by atoms with E-state index in [1.807, 2.05) is 0 Å². The SMILES string of the molecule is C[C@@H](CO)CNC(=O)c1cc(F)c(COc2nc3nc(O[C@@H]4COC5[C@H](O)CO[C@@H]54)[nH]c3cc2Cl)c(F)c1. The van der Waals surface area contributed by atoms with Crippen LogP contribution in [0.2, 0.25) is 5.02 Å². The fourth-order valence-electron chi connectivity index (χ4n) is 4.17. The van der Waals surface area contributed by atoms with Gasteiger partial charge >= 0.3 is 0 Å². The summed E-state index contributed by atoms with van der Waals surface area (Å²) in [5, 5.41) is 21.5. The summed E-state index contributed by atoms with van der Waals surface area (Å²) in [6.07, 6.45) is -2.10. The average Bonchev–Trinajstić information content (AvgIpc) is 3.58. The smallest absolute Gasteiger partial charge is 0.296 e. The molecule has 0 spiro atoms. The maximum atomic E-state index is 14.6. The Morgan fingerprint density at radius 2 is 1.97 bits per heavy atom. The number of fused-ring (bicyclic) bond motifs is 2. The minimum absolute atomic E-state index is 0.0639. The number of imidazole rings is 1. The van der Waals surface area contributed by atoms with Gasteiger partial charge in [-0.05, 0) is 24.1 Å². The third kappa shape index (κ3) is 5.38. The van der Waals surface area contributed by atoms with Crippen molar-refractivity contribution in [2.45, 2.75) is 37.9 Å². The quantitative estimate of drug-likeness (QED) is 0.310. The number of H-pyrrole nitrogens is 1. The zero-order valence-corrected chi connectivity index (χ0v) is 20.9. The minimum atomic E-state index is -0.977. The molecule has 0 saturated carbocycles. The van der Waals surface area contributed by atoms with Crippen molar-refractivity contribution >= 4 is 28.7 Å². The molecule has 2 aromatic heterocycles. The van der Waals surface area contributed by atoms with Crippen LogP contribution < -0.4 is 14.8 Å². The van der Waals surface area contributed by atoms with E-state index in [9.17, 15) is 18.7 Å². The van der Waals surface area contributed by atoms with Crippen molar-refractivity contribution in [2.24, 2.45) is 5.92 Å². The molecule has 2 aliphatic rings. The van der Waals surface area contributed by atoms with Crippen LogP contribution in [0.4, 0.5) is 8.78 Å². The highest BCUT2D eigenvalue weighted by atomic mass is 35.5. The monoisotopic (exact) mass is 554 g/mol. The second-order valence-electron chi connectivity index (χ2n) is 9.21. The van der Waals surface area contributed by atoms with Crippen LogP contribution in [0, 0.1) is 17.6 Å². The number of nitrogens with zero attached hydrogens (tertiary/aromatic N) is 2. The molecule has 1 aromatic carbocycles. The second-order valence-corrected chi connectivity index (χ2v) is 9.62. The van der Waals surface area contributed by atoms with Crippen molar-refractivity contribution in [3.63, 3.8) is 0 Å². The average molecular weight is 555 g/mol. The third-order valence-corrected chi connectivity index (χ3v) is 6.57. The lowest BCUT2D eigenvalue weighted by Crippen LogP contribution is -2.34. The predicted octanol–water partition coefficient (Wildman–Crippen LogP) is 1.73. The molecule has 0 bridgehead atoms. The van der Waals surface area contributed by atoms with Crippen LogP contribution in [0.1, 0.15) is 22.8 Å². The Morgan fingerprint density at radius 3 is 2.71 bits per heavy atom. The first-order valence-corrected chi connectivity index (χ1v) is 12.2. The number of nitrogens with one attached hydrogen (secondary N) is 2. The molecule has 4 heterocycles. The second kappa shape index (κ2) is 10.9. The van der Waals surface area contributed by atoms with E-state index in [0.717, 1.165) is 12.1 Å². The molecule has 204 valence electrons. The summed E-state index contributed by atoms with van der Waals surface area (Å²) in [6.45, 7) is 1.56. The highest BCUT2D eigenvalue weighted by Crippen LogP contribution is 2.31. The lowest BCUT2D eigenvalue weighted by atomic mass is 10.1. The van der Waals surface area contributed by atoms with Gasteiger partial charge in [-0.1, -0.05) is 18.5 Å². The highest BCUT2D eigenvalue weighted by Gasteiger charge is 2.48. The number of amides is 1. The summed E-state index contributed by atoms with van der Waals surface area (Å²) in [6, 6.07) is 3.41. The largest absolute Gasteiger partial charge is 0.471 e. The number of carbonyl (C=O) groups is 1. The van der Waals surface area contributed by atoms with E-state index < -0.39 is 54.1 Å². The number of hydrogen-bond acceptors (Lipinski definition) is 9. The summed E-state index contributed by atoms with van der Waals surface area (Å²) < 4.78 is 51.7. The van der Waals surface area contributed by atoms with E-state index in [-0.39, 0.29) is 60.4 Å². The van der Waals surface area contributed by atoms with Gasteiger partial charge in [-0.2, -0.15) is 9.97 Å². The Kier molecular flexibility index (Phi) is 7.63. The van der Waals surface area contributed by atoms with Crippen LogP contribution in [-0.4, -0.2) is 81.9 Å². The molecule has 0 aliphatic carbocycles. The standard InChI is InChI=1S/C24H25ClF2N4O7/c1-10(6-32)5-28-22(34)11-2-14(26)12(15(27)3-11)7-37-23-13(25)4-16-21(30-23)31-24(29-16)38-18-9-36-19-17(33)8-35-20(18)19/h2-4,10,17-20,32-33H,5-9H2,1H3,(H,28,34)(H,29,30,31)/t10-,17-,18-,19?,20-/m1/s1. The number of pyridine rings is 1. The van der Waals surface area contributed by atoms with E-state index in [0.29, 0.717) is 5.52 Å². The Labute approximate surface area is 220 Å². The Balaban J connectivity index is 1.26. The number of aliphatic hydroxyl groups is 2. The van der Waals surface area contributed by atoms with Crippen LogP contribution in [0.3, 0.4) is 0 Å². The number of ether oxygens (including phenoxy) is 4. The molecule has 3 aromatic rings. The Bertz CT molecular complexity index is 1320. The maximum absolute atomic E-state index is 14.6. The van der Waals surface area contributed by atoms with Crippen LogP contribution >= 0.6 is 11.6 Å². The van der Waals surface area contributed by atoms with E-state index in [1.54, 1.807) is 6.92 Å². The molecule has 11 nitrogen and oxygen atoms in total. The lowest BCUT2D eigenvalue weighted by molar-refractivity contribution is 0.00706. The number of aromatic nitrogens is 3. The van der Waals surface area contributed by atoms with Crippen molar-refractivity contribution in [2.75, 3.05) is 26.4 Å². The van der Waals surface area contributed by atoms with Crippen molar-refractivity contribution in [1.29, 1.82) is 0 Å². The van der Waals surface area contributed by atoms with Gasteiger partial charge in [0.2, 0.25) is 5.88 Å². The van der Waals surface area contributed by atoms with Gasteiger partial charge in [-0.25, -0.2) is 8.78 Å². The van der Waals surface area contributed by atoms with Gasteiger partial charge in [0.25, 0.3) is 11.9 Å². The molecule has 5 rings (SSSR count). The van der Waals surface area contributed by atoms with Crippen molar-refractivity contribution < 1.29 is 42.7 Å². The van der Waals surface area contributed by atoms with E-state index in [2.05, 4.69) is 20.3 Å². The number of benzene rings is 1. The van der Waals surface area contributed by atoms with Crippen LogP contribution in [0.5, 0.6) is 11.9 Å². The minimum Gasteiger partial charge on any atom is -0.471 e. The van der Waals surface area contributed by atoms with E-state index in [1.165, 1.54) is 6.07 Å². The molecule has 4 N–H and O–H groups in total. The first-order valence-electron chi connectivity index (χ1n) is 11.9. The Hall–Kier alpha value is -3.10. The molecule has 2 fully saturated rings. The maximum Gasteiger partial charge on any atom is 0.296 e. The molecule has 14 heteroatoms. The molecular formula is C24H25ClF2N4O7. The summed E-state index contributed by atoms with van der Waals surface area (Å²) in [5.41, 5.74) is 0.00610. The van der Waals surface area contributed by atoms with Gasteiger partial charge in [0, 0.05) is 18.7 Å². The van der Waals surface area contributed by atoms with Gasteiger partial charge in [0.15, 0.2) is 11.8 Å². The third-order valence-electron chi connectivity index (χ3n) is 6.30. The summed E-state index contributed by atoms with van der Waals surface area (Å²) in [5.74, 6) is -2.93. The van der Waals surface area contributed by atoms with Crippen LogP contribution in [0.25, 0.3) is 11.2 Å². The number of carbonyl (C=O) groups excluding carboxylic acids is 1. The van der Waals surface area contributed by atoms with Crippen molar-refractivity contribution in [1.82, 2.24) is 20.3 Å². The van der Waals surface area contributed by atoms with Gasteiger partial charge in [-0.3, -0.25) is 4.79 Å². The normalized spacial score (nSPS) is 23.4. The van der Waals surface area contributed by atoms with Gasteiger partial charge in [0.05, 0.1) is 24.3 Å². The fourth-order valence-corrected chi connectivity index (χ4v) is 4.38. The van der Waals surface area contributed by atoms with Crippen LogP contribution in [-0.2, 0) is 16.1 Å². The number of aliphatic hydroxyl groups excluding tert-OH is 2. The first kappa shape index (κ1) is 26.5. The van der Waals surface area contributed by atoms with E-state index >= 15 is 0 Å². The number of halogens is 3. The lowest BCUT2D eigenvalue weighted by Gasteiger charge is -2.15. The summed E-state index contributed by atoms with van der Waals surface area (Å²) >= 11 is 6.25. The molecular weight excluding hydrogens is 530 g/mol. The zero-order chi connectivity index (χ0) is 27.0. The first-order chi connectivity index (χ1) is 18.2. The molecule has 0 radical (unpaired) electrons. The topological polar surface area (TPSA) is 148 Å². The van der Waals surface area contributed by atoms with Gasteiger partial charge in [0.1, 0.15) is 41.6 Å².